The average Bonchev–Trinajstić information content (AvgIpc) is 2.67. The zero-order valence-corrected chi connectivity index (χ0v) is 9.63. The van der Waals surface area contributed by atoms with Gasteiger partial charge in [-0.25, -0.2) is 4.98 Å². The van der Waals surface area contributed by atoms with Crippen molar-refractivity contribution in [3.63, 3.8) is 0 Å². The van der Waals surface area contributed by atoms with Crippen molar-refractivity contribution in [2.45, 2.75) is 19.8 Å². The number of aromatic nitrogens is 1. The van der Waals surface area contributed by atoms with Gasteiger partial charge in [-0.1, -0.05) is 25.5 Å². The van der Waals surface area contributed by atoms with E-state index in [0.717, 1.165) is 23.5 Å². The number of rotatable bonds is 4. The molecule has 1 aromatic heterocycles. The highest BCUT2D eigenvalue weighted by Gasteiger charge is 1.99. The second kappa shape index (κ2) is 5.03. The number of nitrogens with zero attached hydrogens (tertiary/aromatic N) is 2. The molecular weight excluding hydrogens is 204 g/mol. The summed E-state index contributed by atoms with van der Waals surface area (Å²) in [6, 6.07) is 8.18. The first-order valence-corrected chi connectivity index (χ1v) is 6.07. The molecule has 0 amide bonds. The van der Waals surface area contributed by atoms with E-state index < -0.39 is 0 Å². The van der Waals surface area contributed by atoms with E-state index in [1.54, 1.807) is 11.3 Å². The zero-order chi connectivity index (χ0) is 10.5. The fraction of sp³-hybridized carbons (Fsp3) is 0.333. The van der Waals surface area contributed by atoms with E-state index in [1.165, 1.54) is 11.1 Å². The van der Waals surface area contributed by atoms with E-state index >= 15 is 0 Å². The predicted octanol–water partition coefficient (Wildman–Crippen LogP) is 3.52. The molecule has 0 aliphatic carbocycles. The molecule has 2 aromatic rings. The molecule has 0 spiro atoms. The Morgan fingerprint density at radius 3 is 3.07 bits per heavy atom. The SMILES string of the molecule is CCCCN=Cc1nc2ccccc2s1. The molecule has 0 saturated heterocycles. The second-order valence-corrected chi connectivity index (χ2v) is 4.47. The summed E-state index contributed by atoms with van der Waals surface area (Å²) in [6.07, 6.45) is 4.24. The second-order valence-electron chi connectivity index (χ2n) is 3.41. The van der Waals surface area contributed by atoms with Gasteiger partial charge in [0.15, 0.2) is 0 Å². The van der Waals surface area contributed by atoms with E-state index in [2.05, 4.69) is 23.0 Å². The molecule has 15 heavy (non-hydrogen) atoms. The minimum atomic E-state index is 0.909. The molecular formula is C12H14N2S. The molecule has 0 aliphatic rings. The highest BCUT2D eigenvalue weighted by atomic mass is 32.1. The molecule has 78 valence electrons. The molecule has 0 aliphatic heterocycles. The van der Waals surface area contributed by atoms with Gasteiger partial charge in [0.1, 0.15) is 5.01 Å². The summed E-state index contributed by atoms with van der Waals surface area (Å²) in [7, 11) is 0. The fourth-order valence-corrected chi connectivity index (χ4v) is 2.20. The van der Waals surface area contributed by atoms with Crippen LogP contribution < -0.4 is 0 Å². The summed E-state index contributed by atoms with van der Waals surface area (Å²) in [6.45, 7) is 3.08. The van der Waals surface area contributed by atoms with Crippen molar-refractivity contribution in [2.24, 2.45) is 4.99 Å². The van der Waals surface area contributed by atoms with E-state index in [1.807, 2.05) is 24.4 Å². The standard InChI is InChI=1S/C12H14N2S/c1-2-3-8-13-9-12-14-10-6-4-5-7-11(10)15-12/h4-7,9H,2-3,8H2,1H3. The Hall–Kier alpha value is -1.22. The van der Waals surface area contributed by atoms with E-state index in [0.29, 0.717) is 0 Å². The van der Waals surface area contributed by atoms with Crippen LogP contribution in [0.3, 0.4) is 0 Å². The summed E-state index contributed by atoms with van der Waals surface area (Å²) < 4.78 is 1.23. The van der Waals surface area contributed by atoms with Gasteiger partial charge >= 0.3 is 0 Å². The Morgan fingerprint density at radius 2 is 2.27 bits per heavy atom. The maximum Gasteiger partial charge on any atom is 0.135 e. The average molecular weight is 218 g/mol. The molecule has 0 bridgehead atoms. The Balaban J connectivity index is 2.12. The summed E-state index contributed by atoms with van der Waals surface area (Å²) in [5, 5.41) is 1.01. The van der Waals surface area contributed by atoms with Crippen molar-refractivity contribution in [3.8, 4) is 0 Å². The van der Waals surface area contributed by atoms with Gasteiger partial charge in [-0.3, -0.25) is 4.99 Å². The van der Waals surface area contributed by atoms with Gasteiger partial charge in [-0.05, 0) is 18.6 Å². The number of para-hydroxylation sites is 1. The van der Waals surface area contributed by atoms with Crippen molar-refractivity contribution >= 4 is 27.8 Å². The number of unbranched alkanes of at least 4 members (excludes halogenated alkanes) is 1. The van der Waals surface area contributed by atoms with Gasteiger partial charge in [0, 0.05) is 6.54 Å². The minimum absolute atomic E-state index is 0.909. The van der Waals surface area contributed by atoms with E-state index in [4.69, 9.17) is 0 Å². The predicted molar refractivity (Wildman–Crippen MR) is 67.0 cm³/mol. The van der Waals surface area contributed by atoms with Crippen LogP contribution in [0.2, 0.25) is 0 Å². The molecule has 0 unspecified atom stereocenters. The largest absolute Gasteiger partial charge is 0.290 e. The van der Waals surface area contributed by atoms with Gasteiger partial charge in [0.25, 0.3) is 0 Å². The maximum absolute atomic E-state index is 4.48. The lowest BCUT2D eigenvalue weighted by Crippen LogP contribution is -1.82. The summed E-state index contributed by atoms with van der Waals surface area (Å²) >= 11 is 1.69. The van der Waals surface area contributed by atoms with E-state index in [-0.39, 0.29) is 0 Å². The number of hydrogen-bond donors (Lipinski definition) is 0. The monoisotopic (exact) mass is 218 g/mol. The third-order valence-corrected chi connectivity index (χ3v) is 3.12. The third-order valence-electron chi connectivity index (χ3n) is 2.15. The normalized spacial score (nSPS) is 11.5. The molecule has 2 nitrogen and oxygen atoms in total. The van der Waals surface area contributed by atoms with Crippen molar-refractivity contribution in [2.75, 3.05) is 6.54 Å². The highest BCUT2D eigenvalue weighted by molar-refractivity contribution is 7.20. The van der Waals surface area contributed by atoms with Crippen molar-refractivity contribution < 1.29 is 0 Å². The Morgan fingerprint density at radius 1 is 1.40 bits per heavy atom. The van der Waals surface area contributed by atoms with Gasteiger partial charge in [-0.15, -0.1) is 11.3 Å². The van der Waals surface area contributed by atoms with Gasteiger partial charge in [0.05, 0.1) is 16.4 Å². The molecule has 1 heterocycles. The van der Waals surface area contributed by atoms with Crippen molar-refractivity contribution in [1.29, 1.82) is 0 Å². The summed E-state index contributed by atoms with van der Waals surface area (Å²) in [4.78, 5) is 8.83. The molecule has 2 rings (SSSR count). The molecule has 1 aromatic carbocycles. The number of hydrogen-bond acceptors (Lipinski definition) is 3. The Kier molecular flexibility index (Phi) is 3.45. The fourth-order valence-electron chi connectivity index (χ4n) is 1.34. The lowest BCUT2D eigenvalue weighted by Gasteiger charge is -1.87. The van der Waals surface area contributed by atoms with Crippen LogP contribution in [-0.2, 0) is 0 Å². The lowest BCUT2D eigenvalue weighted by molar-refractivity contribution is 0.810. The molecule has 3 heteroatoms. The topological polar surface area (TPSA) is 25.2 Å². The van der Waals surface area contributed by atoms with Crippen LogP contribution in [0.25, 0.3) is 10.2 Å². The van der Waals surface area contributed by atoms with Crippen LogP contribution >= 0.6 is 11.3 Å². The number of thiazole rings is 1. The van der Waals surface area contributed by atoms with Gasteiger partial charge in [-0.2, -0.15) is 0 Å². The number of aliphatic imine (C=N–C) groups is 1. The highest BCUT2D eigenvalue weighted by Crippen LogP contribution is 2.19. The van der Waals surface area contributed by atoms with Crippen LogP contribution in [-0.4, -0.2) is 17.7 Å². The van der Waals surface area contributed by atoms with Crippen LogP contribution in [0.4, 0.5) is 0 Å². The Bertz CT molecular complexity index is 426. The smallest absolute Gasteiger partial charge is 0.135 e. The quantitative estimate of drug-likeness (QED) is 0.569. The maximum atomic E-state index is 4.48. The first kappa shape index (κ1) is 10.3. The molecule has 0 fully saturated rings. The molecule has 0 N–H and O–H groups in total. The minimum Gasteiger partial charge on any atom is -0.290 e. The van der Waals surface area contributed by atoms with Crippen molar-refractivity contribution in [1.82, 2.24) is 4.98 Å². The van der Waals surface area contributed by atoms with Crippen LogP contribution in [0.15, 0.2) is 29.3 Å². The Labute approximate surface area is 93.7 Å². The first-order valence-electron chi connectivity index (χ1n) is 5.25. The van der Waals surface area contributed by atoms with Crippen molar-refractivity contribution in [3.05, 3.63) is 29.3 Å². The summed E-state index contributed by atoms with van der Waals surface area (Å²) in [5.74, 6) is 0. The van der Waals surface area contributed by atoms with Crippen LogP contribution in [0.5, 0.6) is 0 Å². The van der Waals surface area contributed by atoms with Gasteiger partial charge in [0.2, 0.25) is 0 Å². The molecule has 0 atom stereocenters. The van der Waals surface area contributed by atoms with E-state index in [9.17, 15) is 0 Å². The van der Waals surface area contributed by atoms with Gasteiger partial charge < -0.3 is 0 Å². The molecule has 0 radical (unpaired) electrons. The van der Waals surface area contributed by atoms with Crippen LogP contribution in [0, 0.1) is 0 Å². The lowest BCUT2D eigenvalue weighted by atomic mass is 10.3. The number of fused-ring (bicyclic) bond motifs is 1. The third kappa shape index (κ3) is 2.63. The first-order chi connectivity index (χ1) is 7.40. The van der Waals surface area contributed by atoms with Crippen LogP contribution in [0.1, 0.15) is 24.8 Å². The zero-order valence-electron chi connectivity index (χ0n) is 8.81. The molecule has 0 saturated carbocycles. The summed E-state index contributed by atoms with van der Waals surface area (Å²) in [5.41, 5.74) is 1.07. The number of benzene rings is 1.